The monoisotopic (exact) mass is 622 g/mol. The van der Waals surface area contributed by atoms with Gasteiger partial charge in [0.05, 0.1) is 48.2 Å². The largest absolute Gasteiger partial charge is 0.379 e. The van der Waals surface area contributed by atoms with E-state index in [4.69, 9.17) is 20.4 Å². The van der Waals surface area contributed by atoms with Gasteiger partial charge >= 0.3 is 0 Å². The normalized spacial score (nSPS) is 13.9. The maximum atomic E-state index is 11.6. The highest BCUT2D eigenvalue weighted by atomic mass is 16.5. The van der Waals surface area contributed by atoms with Gasteiger partial charge in [0.1, 0.15) is 0 Å². The van der Waals surface area contributed by atoms with E-state index < -0.39 is 0 Å². The van der Waals surface area contributed by atoms with E-state index in [0.717, 1.165) is 91.6 Å². The Labute approximate surface area is 271 Å². The first-order valence-corrected chi connectivity index (χ1v) is 16.4. The van der Waals surface area contributed by atoms with E-state index in [0.29, 0.717) is 25.9 Å². The molecule has 0 bridgehead atoms. The summed E-state index contributed by atoms with van der Waals surface area (Å²) in [5.74, 6) is 0.605. The molecule has 242 valence electrons. The van der Waals surface area contributed by atoms with Crippen molar-refractivity contribution in [3.05, 3.63) is 83.2 Å². The number of amides is 1. The van der Waals surface area contributed by atoms with Crippen molar-refractivity contribution in [1.29, 1.82) is 0 Å². The summed E-state index contributed by atoms with van der Waals surface area (Å²) in [6.45, 7) is 11.9. The maximum Gasteiger partial charge on any atom is 0.217 e. The minimum atomic E-state index is -0.265. The van der Waals surface area contributed by atoms with Crippen LogP contribution in [0.25, 0.3) is 22.1 Å². The van der Waals surface area contributed by atoms with Gasteiger partial charge in [0.25, 0.3) is 0 Å². The maximum absolute atomic E-state index is 11.6. The van der Waals surface area contributed by atoms with Crippen molar-refractivity contribution in [3.63, 3.8) is 0 Å². The van der Waals surface area contributed by atoms with Crippen molar-refractivity contribution in [2.75, 3.05) is 56.2 Å². The van der Waals surface area contributed by atoms with Crippen molar-refractivity contribution in [3.8, 4) is 0 Å². The third-order valence-electron chi connectivity index (χ3n) is 8.81. The highest BCUT2D eigenvalue weighted by Crippen LogP contribution is 2.27. The van der Waals surface area contributed by atoms with Gasteiger partial charge in [0.15, 0.2) is 0 Å². The second kappa shape index (κ2) is 14.3. The molecule has 3 aromatic carbocycles. The Balaban J connectivity index is 1.30. The number of nitrogens with zero attached hydrogens (tertiary/aromatic N) is 6. The lowest BCUT2D eigenvalue weighted by atomic mass is 10.1. The van der Waals surface area contributed by atoms with Crippen LogP contribution in [0.1, 0.15) is 41.5 Å². The van der Waals surface area contributed by atoms with E-state index in [-0.39, 0.29) is 5.91 Å². The molecule has 10 heteroatoms. The third kappa shape index (κ3) is 7.51. The highest BCUT2D eigenvalue weighted by molar-refractivity contribution is 5.82. The topological polar surface area (TPSA) is 106 Å². The summed E-state index contributed by atoms with van der Waals surface area (Å²) in [4.78, 5) is 26.2. The zero-order valence-corrected chi connectivity index (χ0v) is 27.3. The standard InChI is InChI=1S/C36H46N8O2/c1-26-19-27(2)21-30(20-26)43(14-5-9-34(37)45)23-28-10-11-31-33(22-28)44(24-29-7-4-8-32-35(29)39-25-41(32)3)36(40-31)38-12-6-13-42-15-17-46-18-16-42/h4,7-8,10-11,19-22,25H,5-6,9,12-18,23-24H2,1-3H3,(H2,37,45)(H,38,40). The van der Waals surface area contributed by atoms with Gasteiger partial charge in [-0.05, 0) is 85.8 Å². The van der Waals surface area contributed by atoms with Gasteiger partial charge in [-0.2, -0.15) is 0 Å². The van der Waals surface area contributed by atoms with Crippen molar-refractivity contribution >= 4 is 39.6 Å². The van der Waals surface area contributed by atoms with Crippen LogP contribution in [0.5, 0.6) is 0 Å². The Bertz CT molecular complexity index is 1780. The van der Waals surface area contributed by atoms with Gasteiger partial charge in [-0.3, -0.25) is 9.69 Å². The predicted molar refractivity (Wildman–Crippen MR) is 185 cm³/mol. The number of hydrogen-bond donors (Lipinski definition) is 2. The van der Waals surface area contributed by atoms with Crippen LogP contribution in [-0.2, 0) is 29.7 Å². The fourth-order valence-corrected chi connectivity index (χ4v) is 6.50. The molecule has 0 saturated carbocycles. The number of benzene rings is 3. The molecular formula is C36H46N8O2. The molecule has 1 aliphatic heterocycles. The number of aryl methyl sites for hydroxylation is 3. The lowest BCUT2D eigenvalue weighted by molar-refractivity contribution is -0.118. The molecule has 0 atom stereocenters. The quantitative estimate of drug-likeness (QED) is 0.168. The predicted octanol–water partition coefficient (Wildman–Crippen LogP) is 4.99. The van der Waals surface area contributed by atoms with E-state index in [1.165, 1.54) is 16.7 Å². The number of primary amides is 1. The molecule has 1 aliphatic rings. The van der Waals surface area contributed by atoms with Crippen LogP contribution < -0.4 is 16.0 Å². The molecule has 2 aromatic heterocycles. The molecule has 0 unspecified atom stereocenters. The first kappa shape index (κ1) is 31.6. The number of anilines is 2. The number of carbonyl (C=O) groups excluding carboxylic acids is 1. The molecule has 10 nitrogen and oxygen atoms in total. The van der Waals surface area contributed by atoms with Gasteiger partial charge in [0, 0.05) is 51.9 Å². The summed E-state index contributed by atoms with van der Waals surface area (Å²) in [5.41, 5.74) is 15.6. The van der Waals surface area contributed by atoms with Crippen LogP contribution in [0.2, 0.25) is 0 Å². The first-order valence-electron chi connectivity index (χ1n) is 16.4. The Morgan fingerprint density at radius 1 is 1.02 bits per heavy atom. The molecule has 0 aliphatic carbocycles. The van der Waals surface area contributed by atoms with Crippen molar-refractivity contribution in [2.24, 2.45) is 12.8 Å². The number of aromatic nitrogens is 4. The van der Waals surface area contributed by atoms with E-state index in [9.17, 15) is 4.79 Å². The fraction of sp³-hybridized carbons (Fsp3) is 0.417. The lowest BCUT2D eigenvalue weighted by Crippen LogP contribution is -2.37. The number of hydrogen-bond acceptors (Lipinski definition) is 7. The molecule has 1 amide bonds. The van der Waals surface area contributed by atoms with E-state index in [2.05, 4.69) is 92.7 Å². The van der Waals surface area contributed by atoms with Crippen LogP contribution in [0.3, 0.4) is 0 Å². The number of rotatable bonds is 14. The average molecular weight is 623 g/mol. The van der Waals surface area contributed by atoms with Crippen LogP contribution in [0, 0.1) is 13.8 Å². The number of fused-ring (bicyclic) bond motifs is 2. The second-order valence-corrected chi connectivity index (χ2v) is 12.6. The molecule has 6 rings (SSSR count). The number of imidazole rings is 2. The zero-order valence-electron chi connectivity index (χ0n) is 27.3. The van der Waals surface area contributed by atoms with Gasteiger partial charge in [-0.1, -0.05) is 24.3 Å². The SMILES string of the molecule is Cc1cc(C)cc(N(CCCC(N)=O)Cc2ccc3nc(NCCCN4CCOCC4)n(Cc4cccc5c4ncn5C)c3c2)c1. The van der Waals surface area contributed by atoms with Crippen LogP contribution in [0.4, 0.5) is 11.6 Å². The number of para-hydroxylation sites is 1. The molecule has 0 spiro atoms. The van der Waals surface area contributed by atoms with Crippen molar-refractivity contribution in [1.82, 2.24) is 24.0 Å². The number of morpholine rings is 1. The average Bonchev–Trinajstić information content (AvgIpc) is 3.58. The van der Waals surface area contributed by atoms with Crippen LogP contribution >= 0.6 is 0 Å². The van der Waals surface area contributed by atoms with Crippen molar-refractivity contribution in [2.45, 2.75) is 46.2 Å². The molecule has 0 radical (unpaired) electrons. The number of ether oxygens (including phenoxy) is 1. The Morgan fingerprint density at radius 2 is 1.83 bits per heavy atom. The molecule has 5 aromatic rings. The van der Waals surface area contributed by atoms with E-state index >= 15 is 0 Å². The lowest BCUT2D eigenvalue weighted by Gasteiger charge is -2.26. The molecular weight excluding hydrogens is 576 g/mol. The molecule has 3 heterocycles. The third-order valence-corrected chi connectivity index (χ3v) is 8.81. The summed E-state index contributed by atoms with van der Waals surface area (Å²) in [6, 6.07) is 19.6. The molecule has 1 fully saturated rings. The van der Waals surface area contributed by atoms with Crippen LogP contribution in [-0.4, -0.2) is 75.8 Å². The first-order chi connectivity index (χ1) is 22.3. The molecule has 1 saturated heterocycles. The Hall–Kier alpha value is -4.41. The summed E-state index contributed by atoms with van der Waals surface area (Å²) in [5, 5.41) is 3.67. The summed E-state index contributed by atoms with van der Waals surface area (Å²) < 4.78 is 9.87. The number of nitrogens with one attached hydrogen (secondary N) is 1. The molecule has 3 N–H and O–H groups in total. The Morgan fingerprint density at radius 3 is 2.61 bits per heavy atom. The Kier molecular flexibility index (Phi) is 9.85. The summed E-state index contributed by atoms with van der Waals surface area (Å²) in [6.07, 6.45) is 3.98. The van der Waals surface area contributed by atoms with Crippen molar-refractivity contribution < 1.29 is 9.53 Å². The molecule has 46 heavy (non-hydrogen) atoms. The number of carbonyl (C=O) groups is 1. The minimum absolute atomic E-state index is 0.265. The summed E-state index contributed by atoms with van der Waals surface area (Å²) in [7, 11) is 2.03. The van der Waals surface area contributed by atoms with Gasteiger partial charge in [-0.25, -0.2) is 9.97 Å². The van der Waals surface area contributed by atoms with Gasteiger partial charge in [0.2, 0.25) is 11.9 Å². The van der Waals surface area contributed by atoms with Crippen LogP contribution in [0.15, 0.2) is 60.9 Å². The smallest absolute Gasteiger partial charge is 0.217 e. The second-order valence-electron chi connectivity index (χ2n) is 12.6. The van der Waals surface area contributed by atoms with Gasteiger partial charge < -0.3 is 29.8 Å². The van der Waals surface area contributed by atoms with Gasteiger partial charge in [-0.15, -0.1) is 0 Å². The van der Waals surface area contributed by atoms with E-state index in [1.807, 2.05) is 13.4 Å². The highest BCUT2D eigenvalue weighted by Gasteiger charge is 2.17. The minimum Gasteiger partial charge on any atom is -0.379 e. The number of nitrogens with two attached hydrogens (primary N) is 1. The summed E-state index contributed by atoms with van der Waals surface area (Å²) >= 11 is 0. The fourth-order valence-electron chi connectivity index (χ4n) is 6.50. The zero-order chi connectivity index (χ0) is 32.0. The van der Waals surface area contributed by atoms with E-state index in [1.54, 1.807) is 0 Å².